The van der Waals surface area contributed by atoms with Crippen molar-refractivity contribution in [1.29, 1.82) is 5.26 Å². The van der Waals surface area contributed by atoms with Gasteiger partial charge in [-0.05, 0) is 67.8 Å². The van der Waals surface area contributed by atoms with Gasteiger partial charge in [0.15, 0.2) is 0 Å². The molecule has 1 aliphatic carbocycles. The van der Waals surface area contributed by atoms with Crippen molar-refractivity contribution in [1.82, 2.24) is 15.1 Å². The van der Waals surface area contributed by atoms with E-state index in [-0.39, 0.29) is 11.9 Å². The number of H-pyrrole nitrogens is 1. The summed E-state index contributed by atoms with van der Waals surface area (Å²) in [5.41, 5.74) is 13.2. The van der Waals surface area contributed by atoms with Crippen molar-refractivity contribution in [3.8, 4) is 34.2 Å². The second-order valence-electron chi connectivity index (χ2n) is 10.7. The number of fused-ring (bicyclic) bond motifs is 5. The van der Waals surface area contributed by atoms with E-state index in [1.54, 1.807) is 12.1 Å². The Labute approximate surface area is 220 Å². The number of anilines is 1. The number of nitrogens with one attached hydrogen (secondary N) is 1. The van der Waals surface area contributed by atoms with Gasteiger partial charge in [0, 0.05) is 47.8 Å². The van der Waals surface area contributed by atoms with E-state index in [9.17, 15) is 5.26 Å². The fourth-order valence-corrected chi connectivity index (χ4v) is 6.45. The summed E-state index contributed by atoms with van der Waals surface area (Å²) in [5, 5.41) is 18.5. The number of hydrogen-bond donors (Lipinski definition) is 2. The summed E-state index contributed by atoms with van der Waals surface area (Å²) in [5.74, 6) is 0.521. The van der Waals surface area contributed by atoms with Crippen molar-refractivity contribution in [2.24, 2.45) is 5.73 Å². The lowest BCUT2D eigenvalue weighted by atomic mass is 9.82. The minimum Gasteiger partial charge on any atom is -0.489 e. The number of aromatic nitrogens is 2. The zero-order chi connectivity index (χ0) is 26.0. The fourth-order valence-electron chi connectivity index (χ4n) is 6.45. The lowest BCUT2D eigenvalue weighted by molar-refractivity contribution is 0.188. The number of hydrogen-bond acceptors (Lipinski definition) is 6. The van der Waals surface area contributed by atoms with Crippen molar-refractivity contribution in [2.45, 2.75) is 31.3 Å². The van der Waals surface area contributed by atoms with E-state index in [1.807, 2.05) is 12.1 Å². The van der Waals surface area contributed by atoms with Crippen LogP contribution in [-0.2, 0) is 6.42 Å². The molecule has 4 aromatic rings. The third kappa shape index (κ3) is 3.57. The van der Waals surface area contributed by atoms with Crippen molar-refractivity contribution < 1.29 is 9.13 Å². The Morgan fingerprint density at radius 3 is 2.95 bits per heavy atom. The van der Waals surface area contributed by atoms with E-state index < -0.39 is 0 Å². The molecule has 7 nitrogen and oxygen atoms in total. The van der Waals surface area contributed by atoms with Crippen LogP contribution in [-0.4, -0.2) is 54.4 Å². The zero-order valence-electron chi connectivity index (χ0n) is 21.3. The Morgan fingerprint density at radius 1 is 1.18 bits per heavy atom. The van der Waals surface area contributed by atoms with Crippen molar-refractivity contribution in [2.75, 3.05) is 38.2 Å². The average molecular weight is 509 g/mol. The standard InChI is InChI=1S/C30H29FN6O/c1-36-9-10-37-19(15-36)16-38-28-12-17(5-8-27(28)37)30-23-13-22(18(14-32)11-26(23)34-35-30)29-21-3-2-4-25(33)20(21)6-7-24(29)31/h5-8,11-13,19,25H,2-4,9-10,15-16,33H2,1H3,(H,34,35). The third-order valence-corrected chi connectivity index (χ3v) is 8.39. The monoisotopic (exact) mass is 508 g/mol. The van der Waals surface area contributed by atoms with Crippen LogP contribution in [0.4, 0.5) is 10.1 Å². The SMILES string of the molecule is CN1CCN2c3ccc(-c4n[nH]c5cc(C#N)c(-c6c(F)ccc7c6CCCC7N)cc45)cc3OCC2C1. The summed E-state index contributed by atoms with van der Waals surface area (Å²) < 4.78 is 21.6. The van der Waals surface area contributed by atoms with Crippen molar-refractivity contribution in [3.63, 3.8) is 0 Å². The Hall–Kier alpha value is -3.93. The summed E-state index contributed by atoms with van der Waals surface area (Å²) in [6.07, 6.45) is 2.52. The number of nitrogens with zero attached hydrogens (tertiary/aromatic N) is 4. The van der Waals surface area contributed by atoms with Gasteiger partial charge in [0.25, 0.3) is 0 Å². The molecule has 2 aliphatic heterocycles. The number of piperazine rings is 1. The average Bonchev–Trinajstić information content (AvgIpc) is 3.34. The summed E-state index contributed by atoms with van der Waals surface area (Å²) in [7, 11) is 2.15. The predicted octanol–water partition coefficient (Wildman–Crippen LogP) is 4.76. The molecule has 2 unspecified atom stereocenters. The van der Waals surface area contributed by atoms with Gasteiger partial charge in [0.1, 0.15) is 23.9 Å². The number of nitriles is 1. The van der Waals surface area contributed by atoms with E-state index in [0.29, 0.717) is 29.3 Å². The first-order chi connectivity index (χ1) is 18.5. The molecule has 2 atom stereocenters. The van der Waals surface area contributed by atoms with Crippen LogP contribution in [0.3, 0.4) is 0 Å². The summed E-state index contributed by atoms with van der Waals surface area (Å²) in [4.78, 5) is 4.78. The second kappa shape index (κ2) is 8.83. The molecule has 0 spiro atoms. The van der Waals surface area contributed by atoms with Gasteiger partial charge in [-0.1, -0.05) is 12.1 Å². The molecule has 1 saturated heterocycles. The fraction of sp³-hybridized carbons (Fsp3) is 0.333. The number of likely N-dealkylation sites (N-methyl/N-ethyl adjacent to an activating group) is 1. The van der Waals surface area contributed by atoms with E-state index >= 15 is 4.39 Å². The molecule has 1 fully saturated rings. The highest BCUT2D eigenvalue weighted by Gasteiger charge is 2.32. The van der Waals surface area contributed by atoms with Gasteiger partial charge >= 0.3 is 0 Å². The molecule has 0 bridgehead atoms. The predicted molar refractivity (Wildman–Crippen MR) is 146 cm³/mol. The van der Waals surface area contributed by atoms with Gasteiger partial charge in [-0.25, -0.2) is 4.39 Å². The third-order valence-electron chi connectivity index (χ3n) is 8.39. The Morgan fingerprint density at radius 2 is 2.08 bits per heavy atom. The van der Waals surface area contributed by atoms with Gasteiger partial charge < -0.3 is 20.3 Å². The van der Waals surface area contributed by atoms with Crippen LogP contribution in [0, 0.1) is 17.1 Å². The molecule has 7 rings (SSSR count). The molecule has 3 heterocycles. The number of rotatable bonds is 2. The highest BCUT2D eigenvalue weighted by molar-refractivity contribution is 5.98. The van der Waals surface area contributed by atoms with Gasteiger partial charge in [0.2, 0.25) is 0 Å². The van der Waals surface area contributed by atoms with Crippen LogP contribution < -0.4 is 15.4 Å². The first-order valence-electron chi connectivity index (χ1n) is 13.2. The lowest BCUT2D eigenvalue weighted by Gasteiger charge is -2.44. The lowest BCUT2D eigenvalue weighted by Crippen LogP contribution is -2.56. The topological polar surface area (TPSA) is 94.2 Å². The van der Waals surface area contributed by atoms with E-state index in [4.69, 9.17) is 10.5 Å². The first kappa shape index (κ1) is 23.2. The largest absolute Gasteiger partial charge is 0.489 e. The van der Waals surface area contributed by atoms with Crippen molar-refractivity contribution in [3.05, 3.63) is 65.0 Å². The molecule has 38 heavy (non-hydrogen) atoms. The molecule has 8 heteroatoms. The van der Waals surface area contributed by atoms with E-state index in [1.165, 1.54) is 6.07 Å². The Kier molecular flexibility index (Phi) is 5.39. The number of aromatic amines is 1. The zero-order valence-corrected chi connectivity index (χ0v) is 21.3. The summed E-state index contributed by atoms with van der Waals surface area (Å²) >= 11 is 0. The van der Waals surface area contributed by atoms with Crippen LogP contribution in [0.25, 0.3) is 33.3 Å². The van der Waals surface area contributed by atoms with Crippen LogP contribution in [0.5, 0.6) is 5.75 Å². The van der Waals surface area contributed by atoms with Crippen molar-refractivity contribution >= 4 is 16.6 Å². The second-order valence-corrected chi connectivity index (χ2v) is 10.7. The van der Waals surface area contributed by atoms with Crippen LogP contribution in [0.2, 0.25) is 0 Å². The maximum atomic E-state index is 15.4. The van der Waals surface area contributed by atoms with Crippen LogP contribution >= 0.6 is 0 Å². The maximum absolute atomic E-state index is 15.4. The highest BCUT2D eigenvalue weighted by atomic mass is 19.1. The smallest absolute Gasteiger partial charge is 0.143 e. The molecular formula is C30H29FN6O. The summed E-state index contributed by atoms with van der Waals surface area (Å²) in [6.45, 7) is 3.63. The minimum absolute atomic E-state index is 0.118. The number of halogens is 1. The molecule has 192 valence electrons. The molecule has 0 radical (unpaired) electrons. The highest BCUT2D eigenvalue weighted by Crippen LogP contribution is 2.42. The van der Waals surface area contributed by atoms with Gasteiger partial charge in [-0.2, -0.15) is 10.4 Å². The van der Waals surface area contributed by atoms with E-state index in [0.717, 1.165) is 83.6 Å². The number of ether oxygens (including phenoxy) is 1. The van der Waals surface area contributed by atoms with Gasteiger partial charge in [-0.15, -0.1) is 0 Å². The molecule has 0 amide bonds. The molecule has 3 N–H and O–H groups in total. The normalized spacial score (nSPS) is 20.8. The van der Waals surface area contributed by atoms with Crippen LogP contribution in [0.1, 0.15) is 35.6 Å². The minimum atomic E-state index is -0.331. The number of benzene rings is 3. The molecule has 3 aliphatic rings. The maximum Gasteiger partial charge on any atom is 0.143 e. The quantitative estimate of drug-likeness (QED) is 0.406. The van der Waals surface area contributed by atoms with E-state index in [2.05, 4.69) is 45.2 Å². The molecule has 3 aromatic carbocycles. The summed E-state index contributed by atoms with van der Waals surface area (Å²) in [6, 6.07) is 15.7. The molecule has 1 aromatic heterocycles. The Balaban J connectivity index is 1.35. The molecular weight excluding hydrogens is 479 g/mol. The number of nitrogens with two attached hydrogens (primary N) is 1. The van der Waals surface area contributed by atoms with Gasteiger partial charge in [0.05, 0.1) is 28.9 Å². The van der Waals surface area contributed by atoms with Gasteiger partial charge in [-0.3, -0.25) is 5.10 Å². The Bertz CT molecular complexity index is 1620. The molecule has 0 saturated carbocycles. The van der Waals surface area contributed by atoms with Crippen LogP contribution in [0.15, 0.2) is 42.5 Å². The first-order valence-corrected chi connectivity index (χ1v) is 13.2.